The van der Waals surface area contributed by atoms with Crippen molar-refractivity contribution in [2.75, 3.05) is 25.6 Å². The summed E-state index contributed by atoms with van der Waals surface area (Å²) in [4.78, 5) is 26.6. The minimum absolute atomic E-state index is 0.114. The Morgan fingerprint density at radius 2 is 2.04 bits per heavy atom. The zero-order valence-electron chi connectivity index (χ0n) is 15.5. The Hall–Kier alpha value is -2.48. The third kappa shape index (κ3) is 4.57. The van der Waals surface area contributed by atoms with Gasteiger partial charge in [0.25, 0.3) is 5.91 Å². The van der Waals surface area contributed by atoms with Gasteiger partial charge in [0.1, 0.15) is 5.60 Å². The van der Waals surface area contributed by atoms with Gasteiger partial charge in [0, 0.05) is 12.6 Å². The highest BCUT2D eigenvalue weighted by molar-refractivity contribution is 6.03. The molecule has 0 aromatic heterocycles. The molecule has 0 aliphatic carbocycles. The van der Waals surface area contributed by atoms with Gasteiger partial charge in [-0.05, 0) is 39.7 Å². The molecule has 0 spiro atoms. The highest BCUT2D eigenvalue weighted by atomic mass is 16.6. The van der Waals surface area contributed by atoms with E-state index in [0.29, 0.717) is 13.0 Å². The van der Waals surface area contributed by atoms with Crippen molar-refractivity contribution < 1.29 is 29.3 Å². The zero-order chi connectivity index (χ0) is 19.5. The van der Waals surface area contributed by atoms with E-state index in [2.05, 4.69) is 5.32 Å². The van der Waals surface area contributed by atoms with Gasteiger partial charge >= 0.3 is 6.09 Å². The molecule has 1 fully saturated rings. The average Bonchev–Trinajstić information content (AvgIpc) is 3.01. The number of methoxy groups -OCH3 is 1. The maximum Gasteiger partial charge on any atom is 0.412 e. The van der Waals surface area contributed by atoms with Crippen LogP contribution in [0.5, 0.6) is 11.5 Å². The van der Waals surface area contributed by atoms with Crippen molar-refractivity contribution in [1.29, 1.82) is 0 Å². The van der Waals surface area contributed by atoms with Crippen LogP contribution in [0.2, 0.25) is 0 Å². The number of phenols is 1. The van der Waals surface area contributed by atoms with Crippen LogP contribution in [0.3, 0.4) is 0 Å². The van der Waals surface area contributed by atoms with E-state index >= 15 is 0 Å². The number of aliphatic hydroxyl groups excluding tert-OH is 1. The SMILES string of the molecule is COc1cc(C(=O)N2CCCC2CO)c(NC(=O)OC(C)(C)C)cc1O. The van der Waals surface area contributed by atoms with E-state index in [1.807, 2.05) is 0 Å². The highest BCUT2D eigenvalue weighted by Crippen LogP contribution is 2.34. The van der Waals surface area contributed by atoms with Gasteiger partial charge in [-0.3, -0.25) is 10.1 Å². The van der Waals surface area contributed by atoms with E-state index in [-0.39, 0.29) is 41.3 Å². The highest BCUT2D eigenvalue weighted by Gasteiger charge is 2.31. The van der Waals surface area contributed by atoms with Crippen molar-refractivity contribution in [1.82, 2.24) is 4.90 Å². The van der Waals surface area contributed by atoms with Gasteiger partial charge in [-0.1, -0.05) is 0 Å². The van der Waals surface area contributed by atoms with Crippen molar-refractivity contribution in [2.24, 2.45) is 0 Å². The number of nitrogens with one attached hydrogen (secondary N) is 1. The summed E-state index contributed by atoms with van der Waals surface area (Å²) in [5, 5.41) is 22.0. The van der Waals surface area contributed by atoms with Crippen LogP contribution in [-0.2, 0) is 4.74 Å². The Labute approximate surface area is 152 Å². The van der Waals surface area contributed by atoms with Crippen LogP contribution in [0.4, 0.5) is 10.5 Å². The lowest BCUT2D eigenvalue weighted by Crippen LogP contribution is -2.38. The Kier molecular flexibility index (Phi) is 5.97. The summed E-state index contributed by atoms with van der Waals surface area (Å²) in [6.07, 6.45) is 0.768. The Balaban J connectivity index is 2.36. The topological polar surface area (TPSA) is 108 Å². The van der Waals surface area contributed by atoms with E-state index in [1.165, 1.54) is 19.2 Å². The van der Waals surface area contributed by atoms with Crippen LogP contribution < -0.4 is 10.1 Å². The molecule has 0 radical (unpaired) electrons. The number of hydrogen-bond acceptors (Lipinski definition) is 6. The molecule has 144 valence electrons. The molecular weight excluding hydrogens is 340 g/mol. The van der Waals surface area contributed by atoms with Crippen LogP contribution in [0, 0.1) is 0 Å². The van der Waals surface area contributed by atoms with Gasteiger partial charge in [-0.2, -0.15) is 0 Å². The molecule has 1 aliphatic heterocycles. The number of carbonyl (C=O) groups is 2. The number of nitrogens with zero attached hydrogens (tertiary/aromatic N) is 1. The number of likely N-dealkylation sites (tertiary alicyclic amines) is 1. The Morgan fingerprint density at radius 1 is 1.35 bits per heavy atom. The second-order valence-corrected chi connectivity index (χ2v) is 7.17. The third-order valence-electron chi connectivity index (χ3n) is 4.03. The first-order chi connectivity index (χ1) is 12.2. The lowest BCUT2D eigenvalue weighted by molar-refractivity contribution is 0.0635. The average molecular weight is 366 g/mol. The summed E-state index contributed by atoms with van der Waals surface area (Å²) >= 11 is 0. The number of anilines is 1. The van der Waals surface area contributed by atoms with Gasteiger partial charge in [-0.15, -0.1) is 0 Å². The van der Waals surface area contributed by atoms with E-state index in [1.54, 1.807) is 25.7 Å². The van der Waals surface area contributed by atoms with Gasteiger partial charge in [-0.25, -0.2) is 4.79 Å². The molecule has 1 atom stereocenters. The number of carbonyl (C=O) groups excluding carboxylic acids is 2. The van der Waals surface area contributed by atoms with Crippen molar-refractivity contribution in [3.05, 3.63) is 17.7 Å². The number of benzene rings is 1. The number of ether oxygens (including phenoxy) is 2. The third-order valence-corrected chi connectivity index (χ3v) is 4.03. The van der Waals surface area contributed by atoms with Gasteiger partial charge in [0.2, 0.25) is 0 Å². The minimum Gasteiger partial charge on any atom is -0.504 e. The van der Waals surface area contributed by atoms with E-state index < -0.39 is 11.7 Å². The summed E-state index contributed by atoms with van der Waals surface area (Å²) in [7, 11) is 1.37. The smallest absolute Gasteiger partial charge is 0.412 e. The van der Waals surface area contributed by atoms with Crippen LogP contribution in [0.15, 0.2) is 12.1 Å². The lowest BCUT2D eigenvalue weighted by Gasteiger charge is -2.25. The fraction of sp³-hybridized carbons (Fsp3) is 0.556. The number of aromatic hydroxyl groups is 1. The van der Waals surface area contributed by atoms with E-state index in [9.17, 15) is 19.8 Å². The molecule has 3 N–H and O–H groups in total. The molecule has 1 heterocycles. The monoisotopic (exact) mass is 366 g/mol. The molecule has 2 rings (SSSR count). The van der Waals surface area contributed by atoms with Crippen molar-refractivity contribution in [3.8, 4) is 11.5 Å². The minimum atomic E-state index is -0.740. The van der Waals surface area contributed by atoms with Crippen LogP contribution in [-0.4, -0.2) is 59.0 Å². The zero-order valence-corrected chi connectivity index (χ0v) is 15.5. The lowest BCUT2D eigenvalue weighted by atomic mass is 10.1. The van der Waals surface area contributed by atoms with Gasteiger partial charge in [0.05, 0.1) is 31.0 Å². The van der Waals surface area contributed by atoms with Crippen LogP contribution in [0.1, 0.15) is 44.0 Å². The van der Waals surface area contributed by atoms with E-state index in [0.717, 1.165) is 6.42 Å². The predicted octanol–water partition coefficient (Wildman–Crippen LogP) is 2.34. The molecule has 8 nitrogen and oxygen atoms in total. The maximum atomic E-state index is 13.0. The molecule has 1 aliphatic rings. The molecule has 8 heteroatoms. The van der Waals surface area contributed by atoms with Crippen molar-refractivity contribution in [2.45, 2.75) is 45.3 Å². The quantitative estimate of drug-likeness (QED) is 0.755. The Bertz CT molecular complexity index is 683. The fourth-order valence-corrected chi connectivity index (χ4v) is 2.87. The largest absolute Gasteiger partial charge is 0.504 e. The standard InChI is InChI=1S/C18H26N2O6/c1-18(2,3)26-17(24)19-13-9-14(22)15(25-4)8-12(13)16(23)20-7-5-6-11(20)10-21/h8-9,11,21-22H,5-7,10H2,1-4H3,(H,19,24). The number of aliphatic hydroxyl groups is 1. The van der Waals surface area contributed by atoms with Gasteiger partial charge < -0.3 is 24.6 Å². The van der Waals surface area contributed by atoms with Gasteiger partial charge in [0.15, 0.2) is 11.5 Å². The molecule has 1 aromatic carbocycles. The summed E-state index contributed by atoms with van der Waals surface area (Å²) in [5.41, 5.74) is -0.434. The first-order valence-corrected chi connectivity index (χ1v) is 8.49. The molecule has 26 heavy (non-hydrogen) atoms. The Morgan fingerprint density at radius 3 is 2.62 bits per heavy atom. The number of hydrogen-bond donors (Lipinski definition) is 3. The second kappa shape index (κ2) is 7.82. The van der Waals surface area contributed by atoms with Crippen molar-refractivity contribution >= 4 is 17.7 Å². The number of amides is 2. The number of phenolic OH excluding ortho intramolecular Hbond substituents is 1. The van der Waals surface area contributed by atoms with E-state index in [4.69, 9.17) is 9.47 Å². The molecule has 0 saturated carbocycles. The molecule has 1 aromatic rings. The number of rotatable bonds is 4. The first-order valence-electron chi connectivity index (χ1n) is 8.49. The summed E-state index contributed by atoms with van der Waals surface area (Å²) in [6.45, 7) is 5.55. The van der Waals surface area contributed by atoms with Crippen LogP contribution >= 0.6 is 0 Å². The fourth-order valence-electron chi connectivity index (χ4n) is 2.87. The molecule has 2 amide bonds. The molecule has 1 unspecified atom stereocenters. The van der Waals surface area contributed by atoms with Crippen molar-refractivity contribution in [3.63, 3.8) is 0 Å². The molecular formula is C18H26N2O6. The second-order valence-electron chi connectivity index (χ2n) is 7.17. The maximum absolute atomic E-state index is 13.0. The van der Waals surface area contributed by atoms with Crippen LogP contribution in [0.25, 0.3) is 0 Å². The first kappa shape index (κ1) is 19.8. The summed E-state index contributed by atoms with van der Waals surface area (Å²) in [5.74, 6) is -0.455. The molecule has 1 saturated heterocycles. The summed E-state index contributed by atoms with van der Waals surface area (Å²) in [6, 6.07) is 2.36. The molecule has 0 bridgehead atoms. The normalized spacial score (nSPS) is 17.1. The summed E-state index contributed by atoms with van der Waals surface area (Å²) < 4.78 is 10.3. The predicted molar refractivity (Wildman–Crippen MR) is 95.7 cm³/mol.